The molecule has 0 aliphatic heterocycles. The highest BCUT2D eigenvalue weighted by Gasteiger charge is 2.08. The number of hydrogen-bond acceptors (Lipinski definition) is 2. The Labute approximate surface area is 121 Å². The zero-order chi connectivity index (χ0) is 14.5. The van der Waals surface area contributed by atoms with Gasteiger partial charge in [-0.1, -0.05) is 23.7 Å². The number of aliphatic hydroxyl groups is 1. The SMILES string of the molecule is OC(CNCc1cc(F)ccc1F)c1ccc(Cl)cc1. The minimum atomic E-state index is -0.733. The van der Waals surface area contributed by atoms with Gasteiger partial charge in [0.15, 0.2) is 0 Å². The van der Waals surface area contributed by atoms with Crippen molar-refractivity contribution in [2.45, 2.75) is 12.6 Å². The first kappa shape index (κ1) is 14.9. The molecule has 0 saturated heterocycles. The Morgan fingerprint density at radius 2 is 1.80 bits per heavy atom. The minimum Gasteiger partial charge on any atom is -0.387 e. The molecule has 0 aliphatic rings. The van der Waals surface area contributed by atoms with Crippen molar-refractivity contribution in [1.29, 1.82) is 0 Å². The lowest BCUT2D eigenvalue weighted by Gasteiger charge is -2.12. The van der Waals surface area contributed by atoms with E-state index < -0.39 is 17.7 Å². The highest BCUT2D eigenvalue weighted by molar-refractivity contribution is 6.30. The van der Waals surface area contributed by atoms with Crippen molar-refractivity contribution in [3.05, 3.63) is 70.2 Å². The van der Waals surface area contributed by atoms with Crippen molar-refractivity contribution in [2.75, 3.05) is 6.54 Å². The molecule has 0 fully saturated rings. The van der Waals surface area contributed by atoms with Gasteiger partial charge >= 0.3 is 0 Å². The summed E-state index contributed by atoms with van der Waals surface area (Å²) in [7, 11) is 0. The lowest BCUT2D eigenvalue weighted by atomic mass is 10.1. The molecule has 0 saturated carbocycles. The van der Waals surface area contributed by atoms with Gasteiger partial charge in [-0.3, -0.25) is 0 Å². The molecular formula is C15H14ClF2NO. The zero-order valence-corrected chi connectivity index (χ0v) is 11.4. The number of hydrogen-bond donors (Lipinski definition) is 2. The van der Waals surface area contributed by atoms with Crippen LogP contribution in [0.5, 0.6) is 0 Å². The Balaban J connectivity index is 1.89. The molecule has 106 valence electrons. The smallest absolute Gasteiger partial charge is 0.127 e. The van der Waals surface area contributed by atoms with Crippen LogP contribution < -0.4 is 5.32 Å². The zero-order valence-electron chi connectivity index (χ0n) is 10.6. The molecule has 5 heteroatoms. The topological polar surface area (TPSA) is 32.3 Å². The van der Waals surface area contributed by atoms with Crippen molar-refractivity contribution >= 4 is 11.6 Å². The molecule has 0 amide bonds. The molecule has 0 radical (unpaired) electrons. The third kappa shape index (κ3) is 4.00. The van der Waals surface area contributed by atoms with Crippen molar-refractivity contribution in [3.63, 3.8) is 0 Å². The molecule has 0 bridgehead atoms. The van der Waals surface area contributed by atoms with Crippen molar-refractivity contribution in [1.82, 2.24) is 5.32 Å². The predicted molar refractivity (Wildman–Crippen MR) is 74.5 cm³/mol. The van der Waals surface area contributed by atoms with E-state index in [2.05, 4.69) is 5.32 Å². The quantitative estimate of drug-likeness (QED) is 0.886. The average molecular weight is 298 g/mol. The van der Waals surface area contributed by atoms with Gasteiger partial charge in [-0.2, -0.15) is 0 Å². The summed E-state index contributed by atoms with van der Waals surface area (Å²) in [5.41, 5.74) is 0.940. The van der Waals surface area contributed by atoms with Crippen LogP contribution in [0.4, 0.5) is 8.78 Å². The maximum absolute atomic E-state index is 13.4. The first-order valence-corrected chi connectivity index (χ1v) is 6.52. The molecule has 1 unspecified atom stereocenters. The summed E-state index contributed by atoms with van der Waals surface area (Å²) >= 11 is 5.76. The highest BCUT2D eigenvalue weighted by Crippen LogP contribution is 2.16. The summed E-state index contributed by atoms with van der Waals surface area (Å²) in [6.45, 7) is 0.381. The molecular weight excluding hydrogens is 284 g/mol. The number of rotatable bonds is 5. The second-order valence-corrected chi connectivity index (χ2v) is 4.87. The van der Waals surface area contributed by atoms with E-state index in [4.69, 9.17) is 11.6 Å². The highest BCUT2D eigenvalue weighted by atomic mass is 35.5. The molecule has 2 rings (SSSR count). The van der Waals surface area contributed by atoms with E-state index in [9.17, 15) is 13.9 Å². The molecule has 0 aliphatic carbocycles. The standard InChI is InChI=1S/C15H14ClF2NO/c16-12-3-1-10(2-4-12)15(20)9-19-8-11-7-13(17)5-6-14(11)18/h1-7,15,19-20H,8-9H2. The largest absolute Gasteiger partial charge is 0.387 e. The summed E-state index contributed by atoms with van der Waals surface area (Å²) in [6, 6.07) is 10.1. The fourth-order valence-electron chi connectivity index (χ4n) is 1.83. The normalized spacial score (nSPS) is 12.4. The Kier molecular flexibility index (Phi) is 5.06. The maximum Gasteiger partial charge on any atom is 0.127 e. The number of halogens is 3. The van der Waals surface area contributed by atoms with Crippen LogP contribution in [0.25, 0.3) is 0 Å². The molecule has 2 N–H and O–H groups in total. The summed E-state index contributed by atoms with van der Waals surface area (Å²) < 4.78 is 26.4. The van der Waals surface area contributed by atoms with Gasteiger partial charge in [0.05, 0.1) is 6.10 Å². The number of benzene rings is 2. The molecule has 2 nitrogen and oxygen atoms in total. The van der Waals surface area contributed by atoms with Crippen molar-refractivity contribution in [3.8, 4) is 0 Å². The molecule has 0 heterocycles. The first-order chi connectivity index (χ1) is 9.56. The van der Waals surface area contributed by atoms with Crippen LogP contribution in [-0.4, -0.2) is 11.7 Å². The van der Waals surface area contributed by atoms with Gasteiger partial charge in [0.25, 0.3) is 0 Å². The van der Waals surface area contributed by atoms with Gasteiger partial charge in [-0.05, 0) is 35.9 Å². The lowest BCUT2D eigenvalue weighted by molar-refractivity contribution is 0.174. The van der Waals surface area contributed by atoms with E-state index in [1.807, 2.05) is 0 Å². The monoisotopic (exact) mass is 297 g/mol. The van der Waals surface area contributed by atoms with Gasteiger partial charge < -0.3 is 10.4 Å². The van der Waals surface area contributed by atoms with E-state index in [0.29, 0.717) is 10.6 Å². The summed E-state index contributed by atoms with van der Waals surface area (Å²) in [5, 5.41) is 13.4. The summed E-state index contributed by atoms with van der Waals surface area (Å²) in [6.07, 6.45) is -0.733. The molecule has 20 heavy (non-hydrogen) atoms. The second-order valence-electron chi connectivity index (χ2n) is 4.43. The summed E-state index contributed by atoms with van der Waals surface area (Å²) in [4.78, 5) is 0. The van der Waals surface area contributed by atoms with Gasteiger partial charge in [0.2, 0.25) is 0 Å². The third-order valence-electron chi connectivity index (χ3n) is 2.92. The molecule has 1 atom stereocenters. The van der Waals surface area contributed by atoms with E-state index >= 15 is 0 Å². The van der Waals surface area contributed by atoms with Crippen LogP contribution >= 0.6 is 11.6 Å². The second kappa shape index (κ2) is 6.79. The van der Waals surface area contributed by atoms with Gasteiger partial charge in [0.1, 0.15) is 11.6 Å². The Morgan fingerprint density at radius 1 is 1.10 bits per heavy atom. The van der Waals surface area contributed by atoms with Gasteiger partial charge in [-0.15, -0.1) is 0 Å². The Morgan fingerprint density at radius 3 is 2.50 bits per heavy atom. The fourth-order valence-corrected chi connectivity index (χ4v) is 1.95. The van der Waals surface area contributed by atoms with Crippen LogP contribution in [-0.2, 0) is 6.54 Å². The van der Waals surface area contributed by atoms with Crippen LogP contribution in [0.1, 0.15) is 17.2 Å². The predicted octanol–water partition coefficient (Wildman–Crippen LogP) is 3.44. The maximum atomic E-state index is 13.4. The van der Waals surface area contributed by atoms with Crippen LogP contribution in [0, 0.1) is 11.6 Å². The van der Waals surface area contributed by atoms with Crippen molar-refractivity contribution < 1.29 is 13.9 Å². The number of nitrogens with one attached hydrogen (secondary N) is 1. The first-order valence-electron chi connectivity index (χ1n) is 6.14. The molecule has 0 spiro atoms. The van der Waals surface area contributed by atoms with Crippen LogP contribution in [0.2, 0.25) is 5.02 Å². The van der Waals surface area contributed by atoms with Crippen molar-refractivity contribution in [2.24, 2.45) is 0 Å². The fraction of sp³-hybridized carbons (Fsp3) is 0.200. The third-order valence-corrected chi connectivity index (χ3v) is 3.17. The molecule has 2 aromatic rings. The van der Waals surface area contributed by atoms with E-state index in [-0.39, 0.29) is 18.7 Å². The lowest BCUT2D eigenvalue weighted by Crippen LogP contribution is -2.21. The van der Waals surface area contributed by atoms with Gasteiger partial charge in [0, 0.05) is 23.7 Å². The number of aliphatic hydroxyl groups excluding tert-OH is 1. The summed E-state index contributed by atoms with van der Waals surface area (Å²) in [5.74, 6) is -0.957. The van der Waals surface area contributed by atoms with Crippen LogP contribution in [0.15, 0.2) is 42.5 Å². The van der Waals surface area contributed by atoms with E-state index in [1.165, 1.54) is 0 Å². The molecule has 2 aromatic carbocycles. The molecule has 0 aromatic heterocycles. The minimum absolute atomic E-state index is 0.147. The Hall–Kier alpha value is -1.49. The van der Waals surface area contributed by atoms with E-state index in [1.54, 1.807) is 24.3 Å². The van der Waals surface area contributed by atoms with Crippen LogP contribution in [0.3, 0.4) is 0 Å². The Bertz CT molecular complexity index is 575. The average Bonchev–Trinajstić information content (AvgIpc) is 2.43. The van der Waals surface area contributed by atoms with Gasteiger partial charge in [-0.25, -0.2) is 8.78 Å². The van der Waals surface area contributed by atoms with E-state index in [0.717, 1.165) is 18.2 Å².